The number of nitro groups is 1. The molecular weight excluding hydrogens is 400 g/mol. The average molecular weight is 408 g/mol. The maximum absolute atomic E-state index is 14.0. The molecule has 21 heavy (non-hydrogen) atoms. The highest BCUT2D eigenvalue weighted by molar-refractivity contribution is 14.1. The molecule has 0 atom stereocenters. The van der Waals surface area contributed by atoms with Crippen LogP contribution >= 0.6 is 22.6 Å². The lowest BCUT2D eigenvalue weighted by Crippen LogP contribution is -2.05. The van der Waals surface area contributed by atoms with Gasteiger partial charge in [-0.25, -0.2) is 8.78 Å². The lowest BCUT2D eigenvalue weighted by atomic mass is 10.1. The molecule has 2 aromatic rings. The number of hydrogen-bond donors (Lipinski definition) is 1. The Morgan fingerprint density at radius 3 is 2.43 bits per heavy atom. The van der Waals surface area contributed by atoms with E-state index in [1.807, 2.05) is 22.6 Å². The van der Waals surface area contributed by atoms with Crippen molar-refractivity contribution in [2.75, 3.05) is 5.32 Å². The SMILES string of the molecule is Cc1cc(F)c([N+](=O)[O-])c(Nc2ccc(I)cc2F)c1F. The first-order valence-electron chi connectivity index (χ1n) is 5.66. The van der Waals surface area contributed by atoms with E-state index < -0.39 is 33.7 Å². The quantitative estimate of drug-likeness (QED) is 0.457. The van der Waals surface area contributed by atoms with Crippen molar-refractivity contribution in [3.8, 4) is 0 Å². The minimum atomic E-state index is -1.19. The van der Waals surface area contributed by atoms with Crippen LogP contribution in [0.25, 0.3) is 0 Å². The number of benzene rings is 2. The molecule has 0 aliphatic rings. The van der Waals surface area contributed by atoms with E-state index in [1.165, 1.54) is 25.1 Å². The smallest absolute Gasteiger partial charge is 0.331 e. The molecule has 0 unspecified atom stereocenters. The van der Waals surface area contributed by atoms with Crippen LogP contribution in [0, 0.1) is 38.1 Å². The van der Waals surface area contributed by atoms with Crippen LogP contribution in [0.1, 0.15) is 5.56 Å². The molecule has 0 saturated heterocycles. The summed E-state index contributed by atoms with van der Waals surface area (Å²) in [6.07, 6.45) is 0. The molecule has 0 amide bonds. The molecule has 110 valence electrons. The summed E-state index contributed by atoms with van der Waals surface area (Å²) in [5.41, 5.74) is -2.05. The van der Waals surface area contributed by atoms with Crippen LogP contribution in [0.15, 0.2) is 24.3 Å². The second kappa shape index (κ2) is 5.88. The molecule has 2 aromatic carbocycles. The molecule has 0 spiro atoms. The van der Waals surface area contributed by atoms with Gasteiger partial charge in [0.15, 0.2) is 11.5 Å². The van der Waals surface area contributed by atoms with Crippen LogP contribution in [0.3, 0.4) is 0 Å². The Labute approximate surface area is 131 Å². The third kappa shape index (κ3) is 3.09. The largest absolute Gasteiger partial charge is 0.345 e. The molecular formula is C13H8F3IN2O2. The van der Waals surface area contributed by atoms with Crippen molar-refractivity contribution in [1.82, 2.24) is 0 Å². The molecule has 8 heteroatoms. The van der Waals surface area contributed by atoms with Crippen molar-refractivity contribution >= 4 is 39.7 Å². The Balaban J connectivity index is 2.60. The summed E-state index contributed by atoms with van der Waals surface area (Å²) < 4.78 is 42.1. The molecule has 0 radical (unpaired) electrons. The number of nitro benzene ring substituents is 1. The van der Waals surface area contributed by atoms with Crippen LogP contribution in [-0.4, -0.2) is 4.92 Å². The zero-order valence-electron chi connectivity index (χ0n) is 10.6. The summed E-state index contributed by atoms with van der Waals surface area (Å²) >= 11 is 1.88. The van der Waals surface area contributed by atoms with Crippen molar-refractivity contribution in [2.24, 2.45) is 0 Å². The maximum atomic E-state index is 14.0. The molecule has 1 N–H and O–H groups in total. The van der Waals surface area contributed by atoms with Gasteiger partial charge in [0.05, 0.1) is 10.6 Å². The number of anilines is 2. The Bertz CT molecular complexity index is 738. The minimum absolute atomic E-state index is 0.119. The third-order valence-corrected chi connectivity index (χ3v) is 3.42. The summed E-state index contributed by atoms with van der Waals surface area (Å²) in [6, 6.07) is 4.71. The summed E-state index contributed by atoms with van der Waals surface area (Å²) in [6.45, 7) is 1.26. The van der Waals surface area contributed by atoms with Gasteiger partial charge in [-0.2, -0.15) is 4.39 Å². The molecule has 0 bridgehead atoms. The van der Waals surface area contributed by atoms with E-state index in [4.69, 9.17) is 0 Å². The van der Waals surface area contributed by atoms with Gasteiger partial charge >= 0.3 is 5.69 Å². The standard InChI is InChI=1S/C13H8F3IN2O2/c1-6-4-9(15)13(19(20)21)12(11(6)16)18-10-3-2-7(17)5-8(10)14/h2-5,18H,1H3. The third-order valence-electron chi connectivity index (χ3n) is 2.75. The molecule has 0 aliphatic heterocycles. The molecule has 4 nitrogen and oxygen atoms in total. The van der Waals surface area contributed by atoms with Gasteiger partial charge < -0.3 is 5.32 Å². The van der Waals surface area contributed by atoms with E-state index >= 15 is 0 Å². The number of hydrogen-bond acceptors (Lipinski definition) is 3. The predicted molar refractivity (Wildman–Crippen MR) is 80.1 cm³/mol. The Hall–Kier alpha value is -1.84. The highest BCUT2D eigenvalue weighted by atomic mass is 127. The van der Waals surface area contributed by atoms with Crippen molar-refractivity contribution in [1.29, 1.82) is 0 Å². The van der Waals surface area contributed by atoms with Crippen LogP contribution in [-0.2, 0) is 0 Å². The fourth-order valence-electron chi connectivity index (χ4n) is 1.76. The molecule has 2 rings (SSSR count). The van der Waals surface area contributed by atoms with Crippen LogP contribution < -0.4 is 5.32 Å². The van der Waals surface area contributed by atoms with Crippen molar-refractivity contribution in [3.05, 3.63) is 61.0 Å². The van der Waals surface area contributed by atoms with Crippen LogP contribution in [0.5, 0.6) is 0 Å². The summed E-state index contributed by atoms with van der Waals surface area (Å²) in [5.74, 6) is -2.91. The number of aryl methyl sites for hydroxylation is 1. The highest BCUT2D eigenvalue weighted by Gasteiger charge is 2.26. The van der Waals surface area contributed by atoms with E-state index in [0.29, 0.717) is 3.57 Å². The van der Waals surface area contributed by atoms with Gasteiger partial charge in [0.2, 0.25) is 5.82 Å². The molecule has 0 aliphatic carbocycles. The van der Waals surface area contributed by atoms with Crippen LogP contribution in [0.2, 0.25) is 0 Å². The first kappa shape index (κ1) is 15.5. The number of rotatable bonds is 3. The van der Waals surface area contributed by atoms with E-state index in [0.717, 1.165) is 6.07 Å². The van der Waals surface area contributed by atoms with Gasteiger partial charge in [-0.3, -0.25) is 10.1 Å². The van der Waals surface area contributed by atoms with E-state index in [1.54, 1.807) is 0 Å². The van der Waals surface area contributed by atoms with E-state index in [9.17, 15) is 23.3 Å². The van der Waals surface area contributed by atoms with Gasteiger partial charge in [-0.05, 0) is 59.3 Å². The number of nitrogens with zero attached hydrogens (tertiary/aromatic N) is 1. The van der Waals surface area contributed by atoms with Crippen molar-refractivity contribution in [3.63, 3.8) is 0 Å². The minimum Gasteiger partial charge on any atom is -0.345 e. The topological polar surface area (TPSA) is 55.2 Å². The fourth-order valence-corrected chi connectivity index (χ4v) is 2.21. The number of nitrogens with one attached hydrogen (secondary N) is 1. The highest BCUT2D eigenvalue weighted by Crippen LogP contribution is 2.35. The van der Waals surface area contributed by atoms with Crippen molar-refractivity contribution in [2.45, 2.75) is 6.92 Å². The first-order valence-corrected chi connectivity index (χ1v) is 6.74. The molecule has 0 heterocycles. The van der Waals surface area contributed by atoms with Gasteiger partial charge in [-0.1, -0.05) is 0 Å². The lowest BCUT2D eigenvalue weighted by molar-refractivity contribution is -0.386. The van der Waals surface area contributed by atoms with E-state index in [2.05, 4.69) is 5.32 Å². The van der Waals surface area contributed by atoms with E-state index in [-0.39, 0.29) is 11.3 Å². The maximum Gasteiger partial charge on any atom is 0.331 e. The molecule has 0 aromatic heterocycles. The van der Waals surface area contributed by atoms with Crippen molar-refractivity contribution < 1.29 is 18.1 Å². The summed E-state index contributed by atoms with van der Waals surface area (Å²) in [7, 11) is 0. The van der Waals surface area contributed by atoms with Gasteiger partial charge in [0, 0.05) is 3.57 Å². The fraction of sp³-hybridized carbons (Fsp3) is 0.0769. The lowest BCUT2D eigenvalue weighted by Gasteiger charge is -2.11. The second-order valence-electron chi connectivity index (χ2n) is 4.22. The second-order valence-corrected chi connectivity index (χ2v) is 5.46. The van der Waals surface area contributed by atoms with Crippen LogP contribution in [0.4, 0.5) is 30.2 Å². The summed E-state index contributed by atoms with van der Waals surface area (Å²) in [4.78, 5) is 9.85. The predicted octanol–water partition coefficient (Wildman–Crippen LogP) is 4.67. The summed E-state index contributed by atoms with van der Waals surface area (Å²) in [5, 5.41) is 13.2. The molecule has 0 saturated carbocycles. The average Bonchev–Trinajstić information content (AvgIpc) is 2.38. The van der Waals surface area contributed by atoms with Gasteiger partial charge in [0.25, 0.3) is 0 Å². The van der Waals surface area contributed by atoms with Gasteiger partial charge in [-0.15, -0.1) is 0 Å². The zero-order chi connectivity index (χ0) is 15.7. The Morgan fingerprint density at radius 2 is 1.86 bits per heavy atom. The zero-order valence-corrected chi connectivity index (χ0v) is 12.7. The monoisotopic (exact) mass is 408 g/mol. The first-order chi connectivity index (χ1) is 9.81. The van der Waals surface area contributed by atoms with Gasteiger partial charge in [0.1, 0.15) is 5.82 Å². The Morgan fingerprint density at radius 1 is 1.19 bits per heavy atom. The normalized spacial score (nSPS) is 10.5. The number of halogens is 4. The Kier molecular flexibility index (Phi) is 4.35. The molecule has 0 fully saturated rings.